The van der Waals surface area contributed by atoms with Crippen LogP contribution >= 0.6 is 11.3 Å². The van der Waals surface area contributed by atoms with Gasteiger partial charge in [0.2, 0.25) is 5.89 Å². The number of fused-ring (bicyclic) bond motifs is 12. The minimum absolute atomic E-state index is 0.360. The Hall–Kier alpha value is -15.9. The molecule has 0 saturated heterocycles. The molecule has 132 heavy (non-hydrogen) atoms. The van der Waals surface area contributed by atoms with Gasteiger partial charge in [-0.2, -0.15) is 0 Å². The molecule has 4 aliphatic heterocycles. The smallest absolute Gasteiger partial charge is 0.227 e. The van der Waals surface area contributed by atoms with E-state index < -0.39 is 26.4 Å². The number of imidazole rings is 2. The molecule has 4 aromatic heterocycles. The number of hydrogen-bond acceptors (Lipinski definition) is 10. The van der Waals surface area contributed by atoms with Crippen LogP contribution in [0.15, 0.2) is 453 Å². The van der Waals surface area contributed by atoms with Crippen molar-refractivity contribution in [3.63, 3.8) is 0 Å². The molecule has 0 fully saturated rings. The lowest BCUT2D eigenvalue weighted by molar-refractivity contribution is 0.620. The molecule has 0 saturated carbocycles. The van der Waals surface area contributed by atoms with Gasteiger partial charge in [0.1, 0.15) is 48.6 Å². The van der Waals surface area contributed by atoms with E-state index in [1.165, 1.54) is 109 Å². The van der Waals surface area contributed by atoms with Crippen LogP contribution in [0.5, 0.6) is 0 Å². The third kappa shape index (κ3) is 14.6. The number of benzene rings is 18. The topological polar surface area (TPSA) is 87.5 Å². The molecule has 0 radical (unpaired) electrons. The zero-order valence-corrected chi connectivity index (χ0v) is 77.6. The predicted molar refractivity (Wildman–Crippen MR) is 561 cm³/mol. The molecule has 0 unspecified atom stereocenters. The molecule has 26 rings (SSSR count). The van der Waals surface area contributed by atoms with Gasteiger partial charge in [0.15, 0.2) is 5.58 Å². The van der Waals surface area contributed by atoms with Crippen LogP contribution in [0.4, 0.5) is 68.2 Å². The molecule has 632 valence electrons. The number of aromatic nitrogens is 6. The van der Waals surface area contributed by atoms with Gasteiger partial charge in [-0.15, -0.1) is 11.3 Å². The highest BCUT2D eigenvalue weighted by atomic mass is 32.1. The first-order valence-electron chi connectivity index (χ1n) is 45.3. The number of anilines is 12. The van der Waals surface area contributed by atoms with Crippen molar-refractivity contribution in [2.75, 3.05) is 19.6 Å². The molecule has 0 spiro atoms. The largest absolute Gasteiger partial charge is 0.436 e. The molecule has 0 N–H and O–H groups in total. The Morgan fingerprint density at radius 2 is 0.538 bits per heavy atom. The summed E-state index contributed by atoms with van der Waals surface area (Å²) in [5.74, 6) is 2.92. The number of para-hydroxylation sites is 17. The lowest BCUT2D eigenvalue weighted by Crippen LogP contribution is -2.47. The minimum Gasteiger partial charge on any atom is -0.436 e. The number of rotatable bonds is 10. The first-order chi connectivity index (χ1) is 65.2. The van der Waals surface area contributed by atoms with E-state index in [1.807, 2.05) is 48.5 Å². The summed E-state index contributed by atoms with van der Waals surface area (Å²) in [5.41, 5.74) is 31.2. The lowest BCUT2D eigenvalue weighted by Gasteiger charge is -2.36. The average molecular weight is 1770 g/mol. The Balaban J connectivity index is 0.000000100. The van der Waals surface area contributed by atoms with E-state index >= 15 is 0 Å². The van der Waals surface area contributed by atoms with E-state index in [4.69, 9.17) is 19.4 Å². The van der Waals surface area contributed by atoms with Gasteiger partial charge in [-0.3, -0.25) is 9.13 Å². The molecule has 11 nitrogen and oxygen atoms in total. The summed E-state index contributed by atoms with van der Waals surface area (Å²) >= 11 is 1.75. The Bertz CT molecular complexity index is 7310. The molecule has 0 bridgehead atoms. The molecule has 8 heterocycles. The van der Waals surface area contributed by atoms with E-state index in [9.17, 15) is 0 Å². The summed E-state index contributed by atoms with van der Waals surface area (Å²) in [7, 11) is -3.60. The quantitative estimate of drug-likeness (QED) is 0.124. The number of oxazole rings is 1. The standard InChI is InChI=1S/C33H25N3.C32H25N3Si.C26H20N2OSi.C26H20N2SSi/c1-23-27-13-5-8-16-30(27)35(31-17-9-6-14-28(23)31)26-21-19-24(20-22-26)33-34-29-15-7-10-18-32(29)36(33)25-11-3-2-4-12-25;1-36-30-17-9-7-15-28(30)34(29-16-8-10-18-31(29)36)25-21-19-23(20-22-25)32-33-26-13-5-6-14-27(26)35(32)24-11-3-2-4-12-24;2*1-30-24-12-6-3-9-21(24)28(22-10-4-7-13-25(22)30)19-16-14-18(15-17-19)26-27-20-8-2-5-11-23(20)29-26/h2-23H,1H3;2-22,36H,1H3;2*2-17,30H,1H3. The van der Waals surface area contributed by atoms with Gasteiger partial charge in [-0.25, -0.2) is 19.9 Å². The van der Waals surface area contributed by atoms with E-state index in [1.54, 1.807) is 11.3 Å². The van der Waals surface area contributed by atoms with Gasteiger partial charge in [0.05, 0.1) is 32.3 Å². The molecule has 18 aromatic carbocycles. The van der Waals surface area contributed by atoms with Crippen LogP contribution in [-0.4, -0.2) is 55.5 Å². The maximum absolute atomic E-state index is 5.95. The first-order valence-corrected chi connectivity index (χ1v) is 53.0. The van der Waals surface area contributed by atoms with Crippen molar-refractivity contribution >= 4 is 180 Å². The van der Waals surface area contributed by atoms with Crippen LogP contribution in [0.3, 0.4) is 0 Å². The van der Waals surface area contributed by atoms with E-state index in [-0.39, 0.29) is 0 Å². The van der Waals surface area contributed by atoms with Crippen molar-refractivity contribution < 1.29 is 4.42 Å². The second-order valence-corrected chi connectivity index (χ2v) is 43.1. The normalized spacial score (nSPS) is 13.1. The number of thiazole rings is 1. The number of hydrogen-bond donors (Lipinski definition) is 0. The fourth-order valence-corrected chi connectivity index (χ4v) is 28.3. The monoisotopic (exact) mass is 1770 g/mol. The third-order valence-corrected chi connectivity index (χ3v) is 36.0. The van der Waals surface area contributed by atoms with Crippen LogP contribution in [0.1, 0.15) is 24.0 Å². The first kappa shape index (κ1) is 80.7. The SMILES string of the molecule is CC1c2ccccc2N(c2ccc(-c3nc4ccccc4n3-c3ccccc3)cc2)c2ccccc21.C[SiH]1c2ccccc2N(c2ccc(-c3nc4ccccc4n3-c3ccccc3)cc2)c2ccccc21.C[SiH]1c2ccccc2N(c2ccc(-c3nc4ccccc4o3)cc2)c2ccccc21.C[SiH]1c2ccccc2N(c2ccc(-c3nc4ccccc4s3)cc2)c2ccccc21. The van der Waals surface area contributed by atoms with Crippen molar-refractivity contribution in [3.8, 4) is 56.2 Å². The van der Waals surface area contributed by atoms with E-state index in [0.717, 1.165) is 94.8 Å². The summed E-state index contributed by atoms with van der Waals surface area (Å²) in [6, 6.07) is 160. The molecule has 15 heteroatoms. The van der Waals surface area contributed by atoms with Crippen molar-refractivity contribution in [1.82, 2.24) is 29.1 Å². The van der Waals surface area contributed by atoms with Crippen LogP contribution in [0.2, 0.25) is 19.6 Å². The summed E-state index contributed by atoms with van der Waals surface area (Å²) in [6.07, 6.45) is 0. The molecular weight excluding hydrogens is 1680 g/mol. The predicted octanol–water partition coefficient (Wildman–Crippen LogP) is 26.0. The average Bonchev–Trinajstić information content (AvgIpc) is 1.08. The van der Waals surface area contributed by atoms with Crippen molar-refractivity contribution in [2.45, 2.75) is 32.5 Å². The lowest BCUT2D eigenvalue weighted by atomic mass is 9.86. The Morgan fingerprint density at radius 1 is 0.242 bits per heavy atom. The Kier molecular flexibility index (Phi) is 21.1. The Labute approximate surface area is 776 Å². The highest BCUT2D eigenvalue weighted by Crippen LogP contribution is 2.50. The molecule has 0 amide bonds. The van der Waals surface area contributed by atoms with Gasteiger partial charge in [0, 0.05) is 108 Å². The molecule has 0 atom stereocenters. The number of nitrogens with zero attached hydrogens (tertiary/aromatic N) is 10. The zero-order chi connectivity index (χ0) is 88.3. The molecule has 22 aromatic rings. The van der Waals surface area contributed by atoms with E-state index in [2.05, 4.69) is 461 Å². The van der Waals surface area contributed by atoms with Crippen LogP contribution < -0.4 is 50.7 Å². The molecule has 0 aliphatic carbocycles. The van der Waals surface area contributed by atoms with Crippen LogP contribution in [0.25, 0.3) is 99.6 Å². The van der Waals surface area contributed by atoms with Gasteiger partial charge < -0.3 is 24.0 Å². The van der Waals surface area contributed by atoms with Crippen LogP contribution in [0, 0.1) is 0 Å². The highest BCUT2D eigenvalue weighted by Gasteiger charge is 2.35. The second kappa shape index (κ2) is 34.6. The van der Waals surface area contributed by atoms with Gasteiger partial charge in [-0.05, 0) is 261 Å². The van der Waals surface area contributed by atoms with Crippen LogP contribution in [-0.2, 0) is 0 Å². The maximum Gasteiger partial charge on any atom is 0.227 e. The van der Waals surface area contributed by atoms with Gasteiger partial charge in [-0.1, -0.05) is 257 Å². The fraction of sp³-hybridized carbons (Fsp3) is 0.0427. The van der Waals surface area contributed by atoms with E-state index in [0.29, 0.717) is 11.8 Å². The van der Waals surface area contributed by atoms with Crippen molar-refractivity contribution in [1.29, 1.82) is 0 Å². The fourth-order valence-electron chi connectivity index (χ4n) is 19.9. The zero-order valence-electron chi connectivity index (χ0n) is 73.3. The van der Waals surface area contributed by atoms with Crippen molar-refractivity contribution in [3.05, 3.63) is 460 Å². The highest BCUT2D eigenvalue weighted by molar-refractivity contribution is 7.21. The van der Waals surface area contributed by atoms with Gasteiger partial charge in [0.25, 0.3) is 0 Å². The summed E-state index contributed by atoms with van der Waals surface area (Å²) in [5, 5.41) is 10.0. The minimum atomic E-state index is -1.22. The second-order valence-electron chi connectivity index (χ2n) is 34.1. The van der Waals surface area contributed by atoms with Crippen molar-refractivity contribution in [2.24, 2.45) is 0 Å². The summed E-state index contributed by atoms with van der Waals surface area (Å²) < 4.78 is 11.7. The molecular formula is C117H90N10OSSi3. The third-order valence-electron chi connectivity index (χ3n) is 26.4. The summed E-state index contributed by atoms with van der Waals surface area (Å²) in [4.78, 5) is 29.1. The Morgan fingerprint density at radius 3 is 0.917 bits per heavy atom. The molecule has 4 aliphatic rings. The maximum atomic E-state index is 5.95. The van der Waals surface area contributed by atoms with Gasteiger partial charge >= 0.3 is 0 Å². The summed E-state index contributed by atoms with van der Waals surface area (Å²) in [6.45, 7) is 9.59.